The smallest absolute Gasteiger partial charge is 0.135 e. The highest BCUT2D eigenvalue weighted by Gasteiger charge is 2.23. The zero-order chi connectivity index (χ0) is 18.8. The summed E-state index contributed by atoms with van der Waals surface area (Å²) in [6.45, 7) is 3.22. The molecular weight excluding hydrogens is 352 g/mol. The van der Waals surface area contributed by atoms with E-state index in [1.165, 1.54) is 0 Å². The van der Waals surface area contributed by atoms with Crippen molar-refractivity contribution in [1.29, 1.82) is 0 Å². The van der Waals surface area contributed by atoms with Crippen molar-refractivity contribution in [2.24, 2.45) is 0 Å². The fourth-order valence-electron chi connectivity index (χ4n) is 3.80. The van der Waals surface area contributed by atoms with Gasteiger partial charge < -0.3 is 18.9 Å². The van der Waals surface area contributed by atoms with Crippen LogP contribution in [-0.2, 0) is 9.47 Å². The first-order valence-corrected chi connectivity index (χ1v) is 10.3. The zero-order valence-corrected chi connectivity index (χ0v) is 16.1. The van der Waals surface area contributed by atoms with Gasteiger partial charge in [-0.25, -0.2) is 0 Å². The van der Waals surface area contributed by atoms with Crippen molar-refractivity contribution >= 4 is 21.5 Å². The molecule has 2 saturated heterocycles. The van der Waals surface area contributed by atoms with E-state index in [1.807, 2.05) is 0 Å². The molecule has 0 aromatic heterocycles. The molecule has 4 heteroatoms. The van der Waals surface area contributed by atoms with Crippen molar-refractivity contribution in [3.05, 3.63) is 48.5 Å². The van der Waals surface area contributed by atoms with E-state index < -0.39 is 0 Å². The fourth-order valence-corrected chi connectivity index (χ4v) is 3.80. The summed E-state index contributed by atoms with van der Waals surface area (Å²) in [7, 11) is 0. The van der Waals surface area contributed by atoms with Gasteiger partial charge in [0.05, 0.1) is 38.6 Å². The van der Waals surface area contributed by atoms with Gasteiger partial charge in [-0.3, -0.25) is 0 Å². The van der Waals surface area contributed by atoms with Crippen molar-refractivity contribution in [3.8, 4) is 11.5 Å². The third kappa shape index (κ3) is 3.94. The Morgan fingerprint density at radius 2 is 1.00 bits per heavy atom. The topological polar surface area (TPSA) is 43.5 Å². The van der Waals surface area contributed by atoms with E-state index in [2.05, 4.69) is 48.5 Å². The summed E-state index contributed by atoms with van der Waals surface area (Å²) in [5, 5.41) is 4.46. The second kappa shape index (κ2) is 7.98. The van der Waals surface area contributed by atoms with Gasteiger partial charge in [0.25, 0.3) is 0 Å². The first-order valence-electron chi connectivity index (χ1n) is 10.3. The van der Waals surface area contributed by atoms with Gasteiger partial charge in [-0.1, -0.05) is 48.5 Å². The SMILES string of the molecule is c1ccc2c(OCCCC3CO3)c3ccccc3c(OCCCC3CO3)c2c1. The van der Waals surface area contributed by atoms with Crippen LogP contribution in [-0.4, -0.2) is 38.6 Å². The lowest BCUT2D eigenvalue weighted by atomic mass is 10.0. The highest BCUT2D eigenvalue weighted by atomic mass is 16.6. The van der Waals surface area contributed by atoms with Crippen molar-refractivity contribution < 1.29 is 18.9 Å². The average Bonchev–Trinajstić information content (AvgIpc) is 3.64. The monoisotopic (exact) mass is 378 g/mol. The minimum Gasteiger partial charge on any atom is -0.492 e. The second-order valence-electron chi connectivity index (χ2n) is 7.64. The van der Waals surface area contributed by atoms with E-state index >= 15 is 0 Å². The number of benzene rings is 3. The lowest BCUT2D eigenvalue weighted by molar-refractivity contribution is 0.295. The van der Waals surface area contributed by atoms with Crippen molar-refractivity contribution in [2.75, 3.05) is 26.4 Å². The molecule has 3 aromatic rings. The van der Waals surface area contributed by atoms with Crippen LogP contribution in [0.15, 0.2) is 48.5 Å². The van der Waals surface area contributed by atoms with E-state index in [-0.39, 0.29) is 0 Å². The molecule has 0 N–H and O–H groups in total. The summed E-state index contributed by atoms with van der Waals surface area (Å²) >= 11 is 0. The third-order valence-corrected chi connectivity index (χ3v) is 5.47. The number of rotatable bonds is 10. The van der Waals surface area contributed by atoms with Crippen LogP contribution in [0.4, 0.5) is 0 Å². The molecule has 4 nitrogen and oxygen atoms in total. The summed E-state index contributed by atoms with van der Waals surface area (Å²) in [5.41, 5.74) is 0. The Morgan fingerprint density at radius 3 is 1.32 bits per heavy atom. The minimum atomic E-state index is 0.453. The maximum atomic E-state index is 6.30. The van der Waals surface area contributed by atoms with E-state index in [4.69, 9.17) is 18.9 Å². The molecule has 0 saturated carbocycles. The van der Waals surface area contributed by atoms with E-state index in [0.717, 1.165) is 71.9 Å². The lowest BCUT2D eigenvalue weighted by Crippen LogP contribution is -2.03. The Labute approximate surface area is 165 Å². The van der Waals surface area contributed by atoms with E-state index in [1.54, 1.807) is 0 Å². The Bertz CT molecular complexity index is 824. The molecule has 28 heavy (non-hydrogen) atoms. The molecule has 2 fully saturated rings. The van der Waals surface area contributed by atoms with Crippen molar-refractivity contribution in [2.45, 2.75) is 37.9 Å². The standard InChI is InChI=1S/C24H26O4/c1-2-10-20-19(9-1)23(25-13-5-7-17-15-27-17)21-11-3-4-12-22(21)24(20)26-14-6-8-18-16-28-18/h1-4,9-12,17-18H,5-8,13-16H2. The van der Waals surface area contributed by atoms with E-state index in [9.17, 15) is 0 Å². The summed E-state index contributed by atoms with van der Waals surface area (Å²) in [6.07, 6.45) is 5.07. The van der Waals surface area contributed by atoms with E-state index in [0.29, 0.717) is 25.4 Å². The van der Waals surface area contributed by atoms with Crippen molar-refractivity contribution in [1.82, 2.24) is 0 Å². The quantitative estimate of drug-likeness (QED) is 0.279. The van der Waals surface area contributed by atoms with Crippen LogP contribution in [0.5, 0.6) is 11.5 Å². The fraction of sp³-hybridized carbons (Fsp3) is 0.417. The summed E-state index contributed by atoms with van der Waals surface area (Å²) in [6, 6.07) is 16.8. The second-order valence-corrected chi connectivity index (χ2v) is 7.64. The van der Waals surface area contributed by atoms with Crippen molar-refractivity contribution in [3.63, 3.8) is 0 Å². The van der Waals surface area contributed by atoms with Gasteiger partial charge in [0, 0.05) is 21.5 Å². The average molecular weight is 378 g/mol. The molecule has 2 aliphatic heterocycles. The first-order chi connectivity index (χ1) is 13.9. The van der Waals surface area contributed by atoms with Crippen LogP contribution in [0.25, 0.3) is 21.5 Å². The van der Waals surface area contributed by atoms with Crippen LogP contribution in [0, 0.1) is 0 Å². The summed E-state index contributed by atoms with van der Waals surface area (Å²) in [4.78, 5) is 0. The highest BCUT2D eigenvalue weighted by molar-refractivity contribution is 6.11. The zero-order valence-electron chi connectivity index (χ0n) is 16.1. The molecule has 3 aromatic carbocycles. The third-order valence-electron chi connectivity index (χ3n) is 5.47. The first kappa shape index (κ1) is 17.8. The molecule has 0 aliphatic carbocycles. The number of ether oxygens (including phenoxy) is 4. The number of fused-ring (bicyclic) bond motifs is 2. The summed E-state index contributed by atoms with van der Waals surface area (Å²) < 4.78 is 23.2. The van der Waals surface area contributed by atoms with Crippen LogP contribution in [0.3, 0.4) is 0 Å². The molecule has 0 radical (unpaired) electrons. The Kier molecular flexibility index (Phi) is 5.06. The predicted octanol–water partition coefficient (Wildman–Crippen LogP) is 5.11. The Balaban J connectivity index is 1.44. The molecule has 0 spiro atoms. The number of hydrogen-bond acceptors (Lipinski definition) is 4. The molecule has 2 aliphatic rings. The molecule has 0 bridgehead atoms. The van der Waals surface area contributed by atoms with Gasteiger partial charge in [-0.15, -0.1) is 0 Å². The van der Waals surface area contributed by atoms with Gasteiger partial charge in [-0.2, -0.15) is 0 Å². The van der Waals surface area contributed by atoms with Gasteiger partial charge in [0.1, 0.15) is 11.5 Å². The maximum Gasteiger partial charge on any atom is 0.135 e. The molecular formula is C24H26O4. The highest BCUT2D eigenvalue weighted by Crippen LogP contribution is 2.42. The molecule has 5 rings (SSSR count). The van der Waals surface area contributed by atoms with Crippen LogP contribution in [0.1, 0.15) is 25.7 Å². The van der Waals surface area contributed by atoms with Gasteiger partial charge in [0.2, 0.25) is 0 Å². The molecule has 146 valence electrons. The Morgan fingerprint density at radius 1 is 0.643 bits per heavy atom. The van der Waals surface area contributed by atoms with Gasteiger partial charge in [0.15, 0.2) is 0 Å². The Hall–Kier alpha value is -2.30. The maximum absolute atomic E-state index is 6.30. The molecule has 0 amide bonds. The molecule has 2 unspecified atom stereocenters. The summed E-state index contributed by atoms with van der Waals surface area (Å²) in [5.74, 6) is 1.92. The predicted molar refractivity (Wildman–Crippen MR) is 110 cm³/mol. The molecule has 2 heterocycles. The van der Waals surface area contributed by atoms with Crippen LogP contribution >= 0.6 is 0 Å². The minimum absolute atomic E-state index is 0.453. The van der Waals surface area contributed by atoms with Crippen LogP contribution < -0.4 is 9.47 Å². The van der Waals surface area contributed by atoms with Gasteiger partial charge in [-0.05, 0) is 25.7 Å². The largest absolute Gasteiger partial charge is 0.492 e. The number of epoxide rings is 2. The lowest BCUT2D eigenvalue weighted by Gasteiger charge is -2.18. The molecule has 2 atom stereocenters. The normalized spacial score (nSPS) is 20.4. The van der Waals surface area contributed by atoms with Crippen LogP contribution in [0.2, 0.25) is 0 Å². The van der Waals surface area contributed by atoms with Gasteiger partial charge >= 0.3 is 0 Å². The number of hydrogen-bond donors (Lipinski definition) is 0.